The normalized spacial score (nSPS) is 14.0. The van der Waals surface area contributed by atoms with Crippen molar-refractivity contribution in [2.24, 2.45) is 0 Å². The van der Waals surface area contributed by atoms with Crippen molar-refractivity contribution in [3.63, 3.8) is 0 Å². The van der Waals surface area contributed by atoms with Gasteiger partial charge in [-0.2, -0.15) is 0 Å². The molecule has 0 atom stereocenters. The Labute approximate surface area is 163 Å². The highest BCUT2D eigenvalue weighted by molar-refractivity contribution is 7.07. The van der Waals surface area contributed by atoms with E-state index in [9.17, 15) is 4.79 Å². The quantitative estimate of drug-likeness (QED) is 0.642. The van der Waals surface area contributed by atoms with E-state index >= 15 is 0 Å². The van der Waals surface area contributed by atoms with Gasteiger partial charge in [-0.15, -0.1) is 11.3 Å². The maximum absolute atomic E-state index is 12.6. The predicted octanol–water partition coefficient (Wildman–Crippen LogP) is 5.03. The van der Waals surface area contributed by atoms with Crippen LogP contribution in [-0.4, -0.2) is 17.5 Å². The topological polar surface area (TPSA) is 42.4 Å². The SMILES string of the molecule is CC(C)(C)c1ccc(CN2C(=O)COc3ccc(-c4cscn4)cc32)cc1. The lowest BCUT2D eigenvalue weighted by Gasteiger charge is -2.30. The van der Waals surface area contributed by atoms with Crippen LogP contribution in [-0.2, 0) is 16.8 Å². The Kier molecular flexibility index (Phi) is 4.48. The molecule has 0 bridgehead atoms. The van der Waals surface area contributed by atoms with Crippen LogP contribution in [0.2, 0.25) is 0 Å². The number of ether oxygens (including phenoxy) is 1. The molecule has 138 valence electrons. The number of anilines is 1. The molecule has 1 aliphatic heterocycles. The van der Waals surface area contributed by atoms with Gasteiger partial charge in [0.05, 0.1) is 23.4 Å². The number of benzene rings is 2. The standard InChI is InChI=1S/C22H22N2O2S/c1-22(2,3)17-7-4-15(5-8-17)11-24-19-10-16(18-13-27-14-23-18)6-9-20(19)26-12-21(24)25/h4-10,13-14H,11-12H2,1-3H3. The maximum atomic E-state index is 12.6. The molecule has 0 radical (unpaired) electrons. The van der Waals surface area contributed by atoms with Crippen LogP contribution in [0.15, 0.2) is 53.4 Å². The van der Waals surface area contributed by atoms with Gasteiger partial charge >= 0.3 is 0 Å². The summed E-state index contributed by atoms with van der Waals surface area (Å²) in [5.41, 5.74) is 7.01. The number of nitrogens with zero attached hydrogens (tertiary/aromatic N) is 2. The molecule has 0 aliphatic carbocycles. The molecule has 4 nitrogen and oxygen atoms in total. The Morgan fingerprint density at radius 2 is 1.93 bits per heavy atom. The average molecular weight is 378 g/mol. The highest BCUT2D eigenvalue weighted by Crippen LogP contribution is 2.37. The lowest BCUT2D eigenvalue weighted by Crippen LogP contribution is -2.38. The fourth-order valence-electron chi connectivity index (χ4n) is 3.18. The summed E-state index contributed by atoms with van der Waals surface area (Å²) in [6, 6.07) is 14.4. The van der Waals surface area contributed by atoms with Gasteiger partial charge in [0.15, 0.2) is 6.61 Å². The first-order valence-corrected chi connectivity index (χ1v) is 9.91. The number of hydrogen-bond acceptors (Lipinski definition) is 4. The Morgan fingerprint density at radius 1 is 1.15 bits per heavy atom. The number of fused-ring (bicyclic) bond motifs is 1. The van der Waals surface area contributed by atoms with Crippen molar-refractivity contribution in [3.8, 4) is 17.0 Å². The minimum atomic E-state index is -0.0298. The summed E-state index contributed by atoms with van der Waals surface area (Å²) in [7, 11) is 0. The summed E-state index contributed by atoms with van der Waals surface area (Å²) in [6.45, 7) is 7.19. The van der Waals surface area contributed by atoms with E-state index in [1.807, 2.05) is 29.1 Å². The number of carbonyl (C=O) groups is 1. The molecule has 1 aliphatic rings. The van der Waals surface area contributed by atoms with Crippen LogP contribution in [0.4, 0.5) is 5.69 Å². The average Bonchev–Trinajstić information content (AvgIpc) is 3.18. The maximum Gasteiger partial charge on any atom is 0.265 e. The Bertz CT molecular complexity index is 957. The van der Waals surface area contributed by atoms with Crippen molar-refractivity contribution in [1.82, 2.24) is 4.98 Å². The summed E-state index contributed by atoms with van der Waals surface area (Å²) < 4.78 is 5.63. The number of hydrogen-bond donors (Lipinski definition) is 0. The van der Waals surface area contributed by atoms with Gasteiger partial charge in [-0.05, 0) is 34.7 Å². The molecular weight excluding hydrogens is 356 g/mol. The second kappa shape index (κ2) is 6.82. The fourth-order valence-corrected chi connectivity index (χ4v) is 3.74. The van der Waals surface area contributed by atoms with E-state index in [2.05, 4.69) is 50.0 Å². The molecule has 2 aromatic carbocycles. The Hall–Kier alpha value is -2.66. The van der Waals surface area contributed by atoms with E-state index in [1.54, 1.807) is 16.2 Å². The highest BCUT2D eigenvalue weighted by atomic mass is 32.1. The second-order valence-electron chi connectivity index (χ2n) is 7.77. The molecule has 0 unspecified atom stereocenters. The lowest BCUT2D eigenvalue weighted by atomic mass is 9.87. The van der Waals surface area contributed by atoms with E-state index in [4.69, 9.17) is 4.74 Å². The summed E-state index contributed by atoms with van der Waals surface area (Å²) in [5, 5.41) is 2.00. The number of aromatic nitrogens is 1. The first kappa shape index (κ1) is 17.7. The highest BCUT2D eigenvalue weighted by Gasteiger charge is 2.26. The molecule has 0 saturated carbocycles. The molecule has 5 heteroatoms. The molecule has 4 rings (SSSR count). The number of rotatable bonds is 3. The largest absolute Gasteiger partial charge is 0.482 e. The van der Waals surface area contributed by atoms with E-state index < -0.39 is 0 Å². The minimum Gasteiger partial charge on any atom is -0.482 e. The number of amides is 1. The monoisotopic (exact) mass is 378 g/mol. The summed E-state index contributed by atoms with van der Waals surface area (Å²) in [5.74, 6) is 0.706. The van der Waals surface area contributed by atoms with Gasteiger partial charge in [-0.3, -0.25) is 4.79 Å². The zero-order valence-electron chi connectivity index (χ0n) is 15.7. The Morgan fingerprint density at radius 3 is 2.59 bits per heavy atom. The van der Waals surface area contributed by atoms with Crippen molar-refractivity contribution in [2.45, 2.75) is 32.7 Å². The molecule has 0 saturated heterocycles. The zero-order chi connectivity index (χ0) is 19.0. The van der Waals surface area contributed by atoms with Crippen molar-refractivity contribution in [3.05, 3.63) is 64.5 Å². The molecule has 1 amide bonds. The molecule has 0 fully saturated rings. The molecule has 27 heavy (non-hydrogen) atoms. The van der Waals surface area contributed by atoms with Crippen molar-refractivity contribution >= 4 is 22.9 Å². The van der Waals surface area contributed by atoms with Crippen LogP contribution in [0.25, 0.3) is 11.3 Å². The van der Waals surface area contributed by atoms with Crippen LogP contribution in [0.3, 0.4) is 0 Å². The molecule has 2 heterocycles. The summed E-state index contributed by atoms with van der Waals surface area (Å²) in [6.07, 6.45) is 0. The van der Waals surface area contributed by atoms with Crippen molar-refractivity contribution in [2.75, 3.05) is 11.5 Å². The van der Waals surface area contributed by atoms with E-state index in [0.717, 1.165) is 28.3 Å². The van der Waals surface area contributed by atoms with E-state index in [0.29, 0.717) is 6.54 Å². The second-order valence-corrected chi connectivity index (χ2v) is 8.49. The van der Waals surface area contributed by atoms with Crippen LogP contribution < -0.4 is 9.64 Å². The minimum absolute atomic E-state index is 0.0298. The molecule has 3 aromatic rings. The van der Waals surface area contributed by atoms with Gasteiger partial charge in [-0.1, -0.05) is 45.0 Å². The first-order chi connectivity index (χ1) is 12.9. The van der Waals surface area contributed by atoms with Gasteiger partial charge in [0, 0.05) is 10.9 Å². The Balaban J connectivity index is 1.65. The number of carbonyl (C=O) groups excluding carboxylic acids is 1. The van der Waals surface area contributed by atoms with Gasteiger partial charge < -0.3 is 9.64 Å². The third-order valence-corrected chi connectivity index (χ3v) is 5.38. The van der Waals surface area contributed by atoms with Gasteiger partial charge in [0.1, 0.15) is 5.75 Å². The molecule has 1 aromatic heterocycles. The lowest BCUT2D eigenvalue weighted by molar-refractivity contribution is -0.121. The number of thiazole rings is 1. The van der Waals surface area contributed by atoms with E-state index in [-0.39, 0.29) is 17.9 Å². The first-order valence-electron chi connectivity index (χ1n) is 8.97. The van der Waals surface area contributed by atoms with Gasteiger partial charge in [-0.25, -0.2) is 4.98 Å². The zero-order valence-corrected chi connectivity index (χ0v) is 16.5. The fraction of sp³-hybridized carbons (Fsp3) is 0.273. The van der Waals surface area contributed by atoms with Gasteiger partial charge in [0.25, 0.3) is 5.91 Å². The molecule has 0 spiro atoms. The van der Waals surface area contributed by atoms with Gasteiger partial charge in [0.2, 0.25) is 0 Å². The van der Waals surface area contributed by atoms with Crippen LogP contribution in [0.5, 0.6) is 5.75 Å². The summed E-state index contributed by atoms with van der Waals surface area (Å²) in [4.78, 5) is 18.7. The smallest absolute Gasteiger partial charge is 0.265 e. The van der Waals surface area contributed by atoms with Crippen molar-refractivity contribution in [1.29, 1.82) is 0 Å². The third kappa shape index (κ3) is 3.60. The predicted molar refractivity (Wildman–Crippen MR) is 109 cm³/mol. The molecule has 0 N–H and O–H groups in total. The van der Waals surface area contributed by atoms with Crippen LogP contribution >= 0.6 is 11.3 Å². The molecular formula is C22H22N2O2S. The van der Waals surface area contributed by atoms with Crippen LogP contribution in [0.1, 0.15) is 31.9 Å². The van der Waals surface area contributed by atoms with Crippen molar-refractivity contribution < 1.29 is 9.53 Å². The van der Waals surface area contributed by atoms with E-state index in [1.165, 1.54) is 5.56 Å². The van der Waals surface area contributed by atoms with Crippen LogP contribution in [0, 0.1) is 0 Å². The summed E-state index contributed by atoms with van der Waals surface area (Å²) >= 11 is 1.56. The third-order valence-electron chi connectivity index (χ3n) is 4.79.